The molecule has 0 spiro atoms. The molecule has 0 rings (SSSR count). The fraction of sp³-hybridized carbons (Fsp3) is 0.500. The van der Waals surface area contributed by atoms with Gasteiger partial charge in [0.15, 0.2) is 0 Å². The van der Waals surface area contributed by atoms with Gasteiger partial charge in [0.1, 0.15) is 0 Å². The molecular formula is C4H6ClNaO4. The van der Waals surface area contributed by atoms with Crippen molar-refractivity contribution in [2.75, 3.05) is 0 Å². The molecule has 6 heteroatoms. The van der Waals surface area contributed by atoms with Crippen LogP contribution < -0.4 is 42.0 Å². The smallest absolute Gasteiger partial charge is 1.00 e. The minimum absolute atomic E-state index is 0. The maximum absolute atomic E-state index is 9.64. The minimum atomic E-state index is -1.08. The molecule has 0 atom stereocenters. The SMILES string of the molecule is O=C(O)CCC(=O)O.[Cl-].[Na+]. The average molecular weight is 177 g/mol. The van der Waals surface area contributed by atoms with E-state index in [1.807, 2.05) is 0 Å². The molecule has 0 fully saturated rings. The zero-order valence-corrected chi connectivity index (χ0v) is 8.26. The Kier molecular flexibility index (Phi) is 15.4. The first-order valence-corrected chi connectivity index (χ1v) is 2.06. The number of carboxylic acids is 2. The molecule has 10 heavy (non-hydrogen) atoms. The molecule has 0 aromatic rings. The van der Waals surface area contributed by atoms with E-state index in [9.17, 15) is 9.59 Å². The quantitative estimate of drug-likeness (QED) is 0.420. The summed E-state index contributed by atoms with van der Waals surface area (Å²) >= 11 is 0. The van der Waals surface area contributed by atoms with Crippen molar-refractivity contribution < 1.29 is 61.8 Å². The van der Waals surface area contributed by atoms with E-state index in [1.54, 1.807) is 0 Å². The number of carbonyl (C=O) groups is 2. The van der Waals surface area contributed by atoms with Crippen molar-refractivity contribution in [1.29, 1.82) is 0 Å². The summed E-state index contributed by atoms with van der Waals surface area (Å²) in [6.07, 6.45) is -0.593. The van der Waals surface area contributed by atoms with Crippen LogP contribution in [-0.4, -0.2) is 22.2 Å². The van der Waals surface area contributed by atoms with E-state index < -0.39 is 11.9 Å². The molecule has 0 aromatic carbocycles. The summed E-state index contributed by atoms with van der Waals surface area (Å²) in [6.45, 7) is 0. The maximum atomic E-state index is 9.64. The molecule has 2 N–H and O–H groups in total. The van der Waals surface area contributed by atoms with Gasteiger partial charge in [-0.2, -0.15) is 0 Å². The Morgan fingerprint density at radius 1 is 1.00 bits per heavy atom. The maximum Gasteiger partial charge on any atom is 1.00 e. The first-order valence-electron chi connectivity index (χ1n) is 2.06. The number of hydrogen-bond donors (Lipinski definition) is 2. The molecule has 0 saturated carbocycles. The van der Waals surface area contributed by atoms with Crippen molar-refractivity contribution in [3.05, 3.63) is 0 Å². The van der Waals surface area contributed by atoms with Crippen molar-refractivity contribution in [2.24, 2.45) is 0 Å². The third-order valence-corrected chi connectivity index (χ3v) is 0.553. The number of carboxylic acid groups (broad SMARTS) is 2. The summed E-state index contributed by atoms with van der Waals surface area (Å²) in [7, 11) is 0. The van der Waals surface area contributed by atoms with Gasteiger partial charge in [-0.3, -0.25) is 9.59 Å². The molecule has 0 heterocycles. The van der Waals surface area contributed by atoms with Crippen LogP contribution in [0.1, 0.15) is 12.8 Å². The van der Waals surface area contributed by atoms with E-state index in [-0.39, 0.29) is 54.8 Å². The Morgan fingerprint density at radius 3 is 1.30 bits per heavy atom. The number of rotatable bonds is 3. The van der Waals surface area contributed by atoms with Crippen LogP contribution in [0, 0.1) is 0 Å². The molecule has 0 unspecified atom stereocenters. The molecule has 0 radical (unpaired) electrons. The monoisotopic (exact) mass is 176 g/mol. The Labute approximate surface area is 86.3 Å². The predicted molar refractivity (Wildman–Crippen MR) is 24.5 cm³/mol. The van der Waals surface area contributed by atoms with Crippen LogP contribution in [0.25, 0.3) is 0 Å². The van der Waals surface area contributed by atoms with Gasteiger partial charge >= 0.3 is 41.5 Å². The molecular weight excluding hydrogens is 170 g/mol. The zero-order chi connectivity index (χ0) is 6.57. The Balaban J connectivity index is -0.000000245. The fourth-order valence-electron chi connectivity index (χ4n) is 0.214. The summed E-state index contributed by atoms with van der Waals surface area (Å²) in [4.78, 5) is 19.3. The molecule has 4 nitrogen and oxygen atoms in total. The largest absolute Gasteiger partial charge is 1.00 e. The minimum Gasteiger partial charge on any atom is -1.00 e. The summed E-state index contributed by atoms with van der Waals surface area (Å²) in [5.41, 5.74) is 0. The van der Waals surface area contributed by atoms with E-state index >= 15 is 0 Å². The van der Waals surface area contributed by atoms with Crippen LogP contribution >= 0.6 is 0 Å². The van der Waals surface area contributed by atoms with Crippen molar-refractivity contribution in [1.82, 2.24) is 0 Å². The van der Waals surface area contributed by atoms with Gasteiger partial charge in [0, 0.05) is 0 Å². The molecule has 0 aliphatic carbocycles. The van der Waals surface area contributed by atoms with Gasteiger partial charge in [0.2, 0.25) is 0 Å². The fourth-order valence-corrected chi connectivity index (χ4v) is 0.214. The first-order chi connectivity index (χ1) is 3.63. The Hall–Kier alpha value is 0.230. The number of aliphatic carboxylic acids is 2. The second-order valence-electron chi connectivity index (χ2n) is 1.29. The normalized spacial score (nSPS) is 6.80. The van der Waals surface area contributed by atoms with Crippen molar-refractivity contribution >= 4 is 11.9 Å². The van der Waals surface area contributed by atoms with Gasteiger partial charge in [0.05, 0.1) is 12.8 Å². The van der Waals surface area contributed by atoms with E-state index in [4.69, 9.17) is 10.2 Å². The van der Waals surface area contributed by atoms with E-state index in [0.717, 1.165) is 0 Å². The number of halogens is 1. The summed E-state index contributed by atoms with van der Waals surface area (Å²) in [5, 5.41) is 15.8. The van der Waals surface area contributed by atoms with E-state index in [1.165, 1.54) is 0 Å². The van der Waals surface area contributed by atoms with Gasteiger partial charge in [0.25, 0.3) is 0 Å². The standard InChI is InChI=1S/C4H6O4.ClH.Na/c5-3(6)1-2-4(7)8;;/h1-2H2,(H,5,6)(H,7,8);1H;/q;;+1/p-1. The van der Waals surface area contributed by atoms with E-state index in [0.29, 0.717) is 0 Å². The Bertz CT molecular complexity index is 102. The molecule has 0 aliphatic heterocycles. The second-order valence-corrected chi connectivity index (χ2v) is 1.29. The molecule has 0 aliphatic rings. The average Bonchev–Trinajstić information content (AvgIpc) is 1.61. The van der Waals surface area contributed by atoms with Crippen LogP contribution in [0.15, 0.2) is 0 Å². The van der Waals surface area contributed by atoms with Crippen molar-refractivity contribution in [3.8, 4) is 0 Å². The van der Waals surface area contributed by atoms with Crippen LogP contribution in [-0.2, 0) is 9.59 Å². The second kappa shape index (κ2) is 9.23. The zero-order valence-electron chi connectivity index (χ0n) is 5.50. The van der Waals surface area contributed by atoms with Gasteiger partial charge in [-0.25, -0.2) is 0 Å². The van der Waals surface area contributed by atoms with Crippen LogP contribution in [0.3, 0.4) is 0 Å². The molecule has 0 saturated heterocycles. The van der Waals surface area contributed by atoms with Crippen molar-refractivity contribution in [2.45, 2.75) is 12.8 Å². The van der Waals surface area contributed by atoms with Crippen LogP contribution in [0.4, 0.5) is 0 Å². The topological polar surface area (TPSA) is 74.6 Å². The molecule has 0 bridgehead atoms. The van der Waals surface area contributed by atoms with Gasteiger partial charge < -0.3 is 22.6 Å². The summed E-state index contributed by atoms with van der Waals surface area (Å²) < 4.78 is 0. The van der Waals surface area contributed by atoms with Gasteiger partial charge in [-0.05, 0) is 0 Å². The van der Waals surface area contributed by atoms with E-state index in [2.05, 4.69) is 0 Å². The summed E-state index contributed by atoms with van der Waals surface area (Å²) in [5.74, 6) is -2.15. The first kappa shape index (κ1) is 16.7. The van der Waals surface area contributed by atoms with Crippen LogP contribution in [0.5, 0.6) is 0 Å². The van der Waals surface area contributed by atoms with Gasteiger partial charge in [-0.1, -0.05) is 0 Å². The third-order valence-electron chi connectivity index (χ3n) is 0.553. The van der Waals surface area contributed by atoms with Gasteiger partial charge in [-0.15, -0.1) is 0 Å². The van der Waals surface area contributed by atoms with Crippen LogP contribution in [0.2, 0.25) is 0 Å². The van der Waals surface area contributed by atoms with Crippen molar-refractivity contribution in [3.63, 3.8) is 0 Å². The molecule has 0 aromatic heterocycles. The molecule has 54 valence electrons. The summed E-state index contributed by atoms with van der Waals surface area (Å²) in [6, 6.07) is 0. The Morgan fingerprint density at radius 2 is 1.20 bits per heavy atom. The number of hydrogen-bond acceptors (Lipinski definition) is 2. The third kappa shape index (κ3) is 15.7. The predicted octanol–water partition coefficient (Wildman–Crippen LogP) is -6.06. The molecule has 0 amide bonds.